The van der Waals surface area contributed by atoms with Crippen molar-refractivity contribution < 1.29 is 9.66 Å². The topological polar surface area (TPSA) is 64.4 Å². The summed E-state index contributed by atoms with van der Waals surface area (Å²) in [5, 5.41) is 14.5. The van der Waals surface area contributed by atoms with Crippen LogP contribution in [0, 0.1) is 16.0 Å². The first-order valence-electron chi connectivity index (χ1n) is 8.03. The molecule has 1 aliphatic heterocycles. The molecular formula is C19H18N2O3. The minimum atomic E-state index is -0.362. The summed E-state index contributed by atoms with van der Waals surface area (Å²) in [5.74, 6) is 1.62. The van der Waals surface area contributed by atoms with E-state index in [1.54, 1.807) is 19.2 Å². The molecule has 0 spiro atoms. The number of benzene rings is 2. The van der Waals surface area contributed by atoms with Crippen molar-refractivity contribution in [3.05, 3.63) is 75.9 Å². The molecule has 1 heterocycles. The third kappa shape index (κ3) is 2.33. The van der Waals surface area contributed by atoms with Crippen molar-refractivity contribution >= 4 is 11.4 Å². The summed E-state index contributed by atoms with van der Waals surface area (Å²) in [7, 11) is 1.68. The van der Waals surface area contributed by atoms with Gasteiger partial charge in [0.15, 0.2) is 0 Å². The first-order chi connectivity index (χ1) is 11.7. The van der Waals surface area contributed by atoms with Crippen LogP contribution in [0.25, 0.3) is 0 Å². The molecule has 5 heteroatoms. The summed E-state index contributed by atoms with van der Waals surface area (Å²) in [4.78, 5) is 10.5. The molecule has 4 rings (SSSR count). The predicted octanol–water partition coefficient (Wildman–Crippen LogP) is 4.43. The number of nitro groups is 1. The van der Waals surface area contributed by atoms with E-state index in [0.29, 0.717) is 11.8 Å². The number of fused-ring (bicyclic) bond motifs is 3. The molecule has 3 atom stereocenters. The van der Waals surface area contributed by atoms with Crippen molar-refractivity contribution in [2.45, 2.75) is 18.4 Å². The predicted molar refractivity (Wildman–Crippen MR) is 92.4 cm³/mol. The Balaban J connectivity index is 1.71. The van der Waals surface area contributed by atoms with Gasteiger partial charge in [-0.2, -0.15) is 0 Å². The highest BCUT2D eigenvalue weighted by atomic mass is 16.6. The quantitative estimate of drug-likeness (QED) is 0.516. The number of non-ortho nitro benzene ring substituents is 1. The van der Waals surface area contributed by atoms with E-state index in [1.807, 2.05) is 18.2 Å². The SMILES string of the molecule is COc1ccc2c(c1)[C@@H]1C=CC[C@@H]1[C@H](c1ccc([N+](=O)[O-])cc1)N2. The smallest absolute Gasteiger partial charge is 0.269 e. The summed E-state index contributed by atoms with van der Waals surface area (Å²) in [5.41, 5.74) is 3.57. The van der Waals surface area contributed by atoms with Crippen molar-refractivity contribution in [1.29, 1.82) is 0 Å². The Morgan fingerprint density at radius 2 is 2.00 bits per heavy atom. The number of hydrogen-bond acceptors (Lipinski definition) is 4. The normalized spacial score (nSPS) is 24.0. The van der Waals surface area contributed by atoms with Gasteiger partial charge in [0, 0.05) is 23.7 Å². The van der Waals surface area contributed by atoms with Crippen LogP contribution < -0.4 is 10.1 Å². The molecule has 0 radical (unpaired) electrons. The maximum Gasteiger partial charge on any atom is 0.269 e. The number of anilines is 1. The fourth-order valence-corrected chi connectivity index (χ4v) is 3.83. The minimum absolute atomic E-state index is 0.126. The van der Waals surface area contributed by atoms with Crippen LogP contribution >= 0.6 is 0 Å². The second-order valence-corrected chi connectivity index (χ2v) is 6.28. The molecule has 1 aliphatic carbocycles. The molecule has 2 aromatic carbocycles. The summed E-state index contributed by atoms with van der Waals surface area (Å²) >= 11 is 0. The van der Waals surface area contributed by atoms with Gasteiger partial charge in [-0.1, -0.05) is 24.3 Å². The second kappa shape index (κ2) is 5.67. The van der Waals surface area contributed by atoms with Crippen LogP contribution in [0.1, 0.15) is 29.5 Å². The molecule has 0 fully saturated rings. The summed E-state index contributed by atoms with van der Waals surface area (Å²) in [6.07, 6.45) is 5.49. The average Bonchev–Trinajstić information content (AvgIpc) is 3.10. The lowest BCUT2D eigenvalue weighted by Gasteiger charge is -2.37. The molecular weight excluding hydrogens is 304 g/mol. The molecule has 5 nitrogen and oxygen atoms in total. The van der Waals surface area contributed by atoms with Gasteiger partial charge in [0.1, 0.15) is 5.75 Å². The number of hydrogen-bond donors (Lipinski definition) is 1. The average molecular weight is 322 g/mol. The van der Waals surface area contributed by atoms with Crippen LogP contribution in [-0.2, 0) is 0 Å². The third-order valence-corrected chi connectivity index (χ3v) is 5.03. The second-order valence-electron chi connectivity index (χ2n) is 6.28. The van der Waals surface area contributed by atoms with Gasteiger partial charge in [-0.3, -0.25) is 10.1 Å². The van der Waals surface area contributed by atoms with Crippen molar-refractivity contribution in [3.63, 3.8) is 0 Å². The van der Waals surface area contributed by atoms with E-state index in [9.17, 15) is 10.1 Å². The van der Waals surface area contributed by atoms with E-state index in [1.165, 1.54) is 5.56 Å². The highest BCUT2D eigenvalue weighted by molar-refractivity contribution is 5.61. The highest BCUT2D eigenvalue weighted by Crippen LogP contribution is 2.50. The van der Waals surface area contributed by atoms with Gasteiger partial charge in [-0.05, 0) is 41.7 Å². The molecule has 2 aromatic rings. The van der Waals surface area contributed by atoms with Crippen LogP contribution in [-0.4, -0.2) is 12.0 Å². The summed E-state index contributed by atoms with van der Waals surface area (Å²) in [6.45, 7) is 0. The lowest BCUT2D eigenvalue weighted by molar-refractivity contribution is -0.384. The lowest BCUT2D eigenvalue weighted by Crippen LogP contribution is -2.29. The van der Waals surface area contributed by atoms with Crippen molar-refractivity contribution in [2.24, 2.45) is 5.92 Å². The number of methoxy groups -OCH3 is 1. The Bertz CT molecular complexity index is 814. The fraction of sp³-hybridized carbons (Fsp3) is 0.263. The lowest BCUT2D eigenvalue weighted by atomic mass is 9.77. The Kier molecular flexibility index (Phi) is 3.49. The maximum absolute atomic E-state index is 10.9. The molecule has 0 bridgehead atoms. The number of rotatable bonds is 3. The van der Waals surface area contributed by atoms with Gasteiger partial charge in [0.2, 0.25) is 0 Å². The van der Waals surface area contributed by atoms with Crippen molar-refractivity contribution in [1.82, 2.24) is 0 Å². The van der Waals surface area contributed by atoms with E-state index in [2.05, 4.69) is 29.6 Å². The highest BCUT2D eigenvalue weighted by Gasteiger charge is 2.38. The van der Waals surface area contributed by atoms with Gasteiger partial charge in [0.25, 0.3) is 5.69 Å². The first kappa shape index (κ1) is 14.8. The molecule has 1 N–H and O–H groups in total. The van der Waals surface area contributed by atoms with Crippen molar-refractivity contribution in [3.8, 4) is 5.75 Å². The molecule has 0 saturated carbocycles. The largest absolute Gasteiger partial charge is 0.497 e. The van der Waals surface area contributed by atoms with E-state index < -0.39 is 0 Å². The Morgan fingerprint density at radius 1 is 1.21 bits per heavy atom. The van der Waals surface area contributed by atoms with Gasteiger partial charge in [-0.25, -0.2) is 0 Å². The molecule has 0 saturated heterocycles. The van der Waals surface area contributed by atoms with E-state index >= 15 is 0 Å². The monoisotopic (exact) mass is 322 g/mol. The molecule has 122 valence electrons. The zero-order valence-corrected chi connectivity index (χ0v) is 13.3. The number of ether oxygens (including phenoxy) is 1. The molecule has 0 aromatic heterocycles. The van der Waals surface area contributed by atoms with E-state index in [4.69, 9.17) is 4.74 Å². The van der Waals surface area contributed by atoms with Gasteiger partial charge >= 0.3 is 0 Å². The minimum Gasteiger partial charge on any atom is -0.497 e. The van der Waals surface area contributed by atoms with Gasteiger partial charge in [0.05, 0.1) is 18.1 Å². The van der Waals surface area contributed by atoms with Crippen LogP contribution in [0.4, 0.5) is 11.4 Å². The maximum atomic E-state index is 10.9. The standard InChI is InChI=1S/C19H18N2O3/c1-24-14-9-10-18-17(11-14)15-3-2-4-16(15)19(20-18)12-5-7-13(8-6-12)21(22)23/h2-3,5-11,15-16,19-20H,4H2,1H3/t15-,16+,19+/m1/s1. The Labute approximate surface area is 140 Å². The van der Waals surface area contributed by atoms with Crippen molar-refractivity contribution in [2.75, 3.05) is 12.4 Å². The summed E-state index contributed by atoms with van der Waals surface area (Å²) < 4.78 is 5.36. The number of nitrogens with zero attached hydrogens (tertiary/aromatic N) is 1. The van der Waals surface area contributed by atoms with Gasteiger partial charge < -0.3 is 10.1 Å². The van der Waals surface area contributed by atoms with E-state index in [0.717, 1.165) is 23.4 Å². The third-order valence-electron chi connectivity index (χ3n) is 5.03. The Hall–Kier alpha value is -2.82. The van der Waals surface area contributed by atoms with E-state index in [-0.39, 0.29) is 16.7 Å². The number of nitro benzene ring substituents is 1. The van der Waals surface area contributed by atoms with Crippen LogP contribution in [0.15, 0.2) is 54.6 Å². The number of nitrogens with one attached hydrogen (secondary N) is 1. The van der Waals surface area contributed by atoms with Gasteiger partial charge in [-0.15, -0.1) is 0 Å². The zero-order valence-electron chi connectivity index (χ0n) is 13.3. The fourth-order valence-electron chi connectivity index (χ4n) is 3.83. The number of allylic oxidation sites excluding steroid dienone is 2. The Morgan fingerprint density at radius 3 is 2.71 bits per heavy atom. The molecule has 24 heavy (non-hydrogen) atoms. The molecule has 0 unspecified atom stereocenters. The zero-order chi connectivity index (χ0) is 16.7. The van der Waals surface area contributed by atoms with Crippen LogP contribution in [0.2, 0.25) is 0 Å². The molecule has 0 amide bonds. The van der Waals surface area contributed by atoms with Crippen LogP contribution in [0.5, 0.6) is 5.75 Å². The summed E-state index contributed by atoms with van der Waals surface area (Å²) in [6, 6.07) is 13.1. The molecule has 2 aliphatic rings. The first-order valence-corrected chi connectivity index (χ1v) is 8.03. The van der Waals surface area contributed by atoms with Crippen LogP contribution in [0.3, 0.4) is 0 Å².